The summed E-state index contributed by atoms with van der Waals surface area (Å²) >= 11 is 0. The van der Waals surface area contributed by atoms with Crippen molar-refractivity contribution < 1.29 is 19.1 Å². The highest BCUT2D eigenvalue weighted by Gasteiger charge is 2.45. The lowest BCUT2D eigenvalue weighted by atomic mass is 10.0. The third kappa shape index (κ3) is 6.40. The maximum absolute atomic E-state index is 13.1. The molecule has 6 heteroatoms. The predicted octanol–water partition coefficient (Wildman–Crippen LogP) is 3.72. The van der Waals surface area contributed by atoms with Crippen molar-refractivity contribution in [1.82, 2.24) is 10.2 Å². The lowest BCUT2D eigenvalue weighted by Crippen LogP contribution is -2.45. The molecule has 1 N–H and O–H groups in total. The van der Waals surface area contributed by atoms with E-state index in [4.69, 9.17) is 9.47 Å². The van der Waals surface area contributed by atoms with Crippen LogP contribution >= 0.6 is 0 Å². The molecule has 1 heterocycles. The fourth-order valence-electron chi connectivity index (χ4n) is 4.20. The van der Waals surface area contributed by atoms with E-state index in [2.05, 4.69) is 34.5 Å². The summed E-state index contributed by atoms with van der Waals surface area (Å²) in [5.41, 5.74) is 1.68. The number of ether oxygens (including phenoxy) is 2. The number of carbonyl (C=O) groups is 2. The van der Waals surface area contributed by atoms with Crippen LogP contribution in [0.3, 0.4) is 0 Å². The highest BCUT2D eigenvalue weighted by Crippen LogP contribution is 2.34. The van der Waals surface area contributed by atoms with Crippen molar-refractivity contribution >= 4 is 11.9 Å². The molecule has 0 aromatic heterocycles. The van der Waals surface area contributed by atoms with Crippen molar-refractivity contribution in [1.29, 1.82) is 0 Å². The van der Waals surface area contributed by atoms with E-state index in [0.29, 0.717) is 19.5 Å². The van der Waals surface area contributed by atoms with Crippen molar-refractivity contribution in [2.45, 2.75) is 51.4 Å². The molecular weight excluding hydrogens is 404 g/mol. The van der Waals surface area contributed by atoms with E-state index in [9.17, 15) is 9.59 Å². The van der Waals surface area contributed by atoms with Gasteiger partial charge in [-0.3, -0.25) is 14.5 Å². The second-order valence-electron chi connectivity index (χ2n) is 9.24. The first-order chi connectivity index (χ1) is 15.3. The van der Waals surface area contributed by atoms with E-state index in [-0.39, 0.29) is 23.9 Å². The van der Waals surface area contributed by atoms with Gasteiger partial charge in [0.15, 0.2) is 0 Å². The number of carbonyl (C=O) groups excluding carboxylic acids is 2. The van der Waals surface area contributed by atoms with Gasteiger partial charge in [0.2, 0.25) is 0 Å². The van der Waals surface area contributed by atoms with Crippen LogP contribution in [-0.2, 0) is 25.6 Å². The molecule has 0 unspecified atom stereocenters. The van der Waals surface area contributed by atoms with Gasteiger partial charge in [0, 0.05) is 25.7 Å². The number of methoxy groups -OCH3 is 1. The van der Waals surface area contributed by atoms with E-state index < -0.39 is 11.6 Å². The molecule has 1 fully saturated rings. The molecule has 0 bridgehead atoms. The molecule has 0 radical (unpaired) electrons. The van der Waals surface area contributed by atoms with Crippen LogP contribution in [0.2, 0.25) is 0 Å². The standard InChI is InChI=1S/C26H34N2O4/c1-26(2,3)32-25(30)22-15-21(24(29)31-4)18-28(22)23(20-13-9-6-10-14-20)17-27-16-19-11-7-5-8-12-19/h5-14,21-23,27H,15-18H2,1-4H3/t21-,22+,23-/m1/s1. The number of hydrogen-bond acceptors (Lipinski definition) is 6. The Hall–Kier alpha value is -2.70. The Balaban J connectivity index is 1.84. The van der Waals surface area contributed by atoms with E-state index in [1.54, 1.807) is 0 Å². The normalized spacial score (nSPS) is 20.0. The molecule has 0 saturated carbocycles. The van der Waals surface area contributed by atoms with Crippen LogP contribution in [0, 0.1) is 5.92 Å². The number of nitrogens with zero attached hydrogens (tertiary/aromatic N) is 1. The number of likely N-dealkylation sites (tertiary alicyclic amines) is 1. The van der Waals surface area contributed by atoms with Crippen molar-refractivity contribution in [2.24, 2.45) is 5.92 Å². The molecule has 2 aromatic carbocycles. The van der Waals surface area contributed by atoms with Crippen LogP contribution in [0.5, 0.6) is 0 Å². The smallest absolute Gasteiger partial charge is 0.323 e. The summed E-state index contributed by atoms with van der Waals surface area (Å²) in [4.78, 5) is 27.6. The second kappa shape index (κ2) is 10.7. The van der Waals surface area contributed by atoms with Crippen LogP contribution in [-0.4, -0.2) is 48.7 Å². The molecule has 2 aromatic rings. The van der Waals surface area contributed by atoms with Crippen LogP contribution in [0.15, 0.2) is 60.7 Å². The third-order valence-corrected chi connectivity index (χ3v) is 5.65. The minimum Gasteiger partial charge on any atom is -0.469 e. The van der Waals surface area contributed by atoms with Crippen LogP contribution < -0.4 is 5.32 Å². The fraction of sp³-hybridized carbons (Fsp3) is 0.462. The molecule has 1 saturated heterocycles. The van der Waals surface area contributed by atoms with Crippen molar-refractivity contribution in [3.63, 3.8) is 0 Å². The van der Waals surface area contributed by atoms with Crippen molar-refractivity contribution in [2.75, 3.05) is 20.2 Å². The summed E-state index contributed by atoms with van der Waals surface area (Å²) in [6.07, 6.45) is 0.392. The maximum Gasteiger partial charge on any atom is 0.323 e. The molecule has 3 rings (SSSR count). The first-order valence-corrected chi connectivity index (χ1v) is 11.1. The summed E-state index contributed by atoms with van der Waals surface area (Å²) in [6.45, 7) is 7.37. The van der Waals surface area contributed by atoms with Gasteiger partial charge >= 0.3 is 11.9 Å². The van der Waals surface area contributed by atoms with Gasteiger partial charge < -0.3 is 14.8 Å². The van der Waals surface area contributed by atoms with Gasteiger partial charge in [-0.25, -0.2) is 0 Å². The Labute approximate surface area is 190 Å². The summed E-state index contributed by atoms with van der Waals surface area (Å²) in [5.74, 6) is -0.948. The van der Waals surface area contributed by atoms with Crippen molar-refractivity contribution in [3.05, 3.63) is 71.8 Å². The van der Waals surface area contributed by atoms with Crippen LogP contribution in [0.25, 0.3) is 0 Å². The molecule has 0 aliphatic carbocycles. The largest absolute Gasteiger partial charge is 0.469 e. The molecule has 172 valence electrons. The van der Waals surface area contributed by atoms with Gasteiger partial charge in [-0.05, 0) is 38.3 Å². The third-order valence-electron chi connectivity index (χ3n) is 5.65. The van der Waals surface area contributed by atoms with E-state index in [1.165, 1.54) is 12.7 Å². The lowest BCUT2D eigenvalue weighted by molar-refractivity contribution is -0.161. The Morgan fingerprint density at radius 2 is 1.66 bits per heavy atom. The summed E-state index contributed by atoms with van der Waals surface area (Å²) in [7, 11) is 1.39. The van der Waals surface area contributed by atoms with E-state index >= 15 is 0 Å². The van der Waals surface area contributed by atoms with Gasteiger partial charge in [-0.2, -0.15) is 0 Å². The number of esters is 2. The number of nitrogens with one attached hydrogen (secondary N) is 1. The van der Waals surface area contributed by atoms with Gasteiger partial charge in [-0.15, -0.1) is 0 Å². The molecular formula is C26H34N2O4. The predicted molar refractivity (Wildman–Crippen MR) is 124 cm³/mol. The summed E-state index contributed by atoms with van der Waals surface area (Å²) in [5, 5.41) is 3.53. The average molecular weight is 439 g/mol. The van der Waals surface area contributed by atoms with Gasteiger partial charge in [0.25, 0.3) is 0 Å². The Kier molecular flexibility index (Phi) is 8.04. The second-order valence-corrected chi connectivity index (χ2v) is 9.24. The zero-order valence-corrected chi connectivity index (χ0v) is 19.4. The minimum absolute atomic E-state index is 0.0907. The molecule has 1 aliphatic rings. The van der Waals surface area contributed by atoms with Gasteiger partial charge in [0.1, 0.15) is 11.6 Å². The number of rotatable bonds is 8. The highest BCUT2D eigenvalue weighted by atomic mass is 16.6. The quantitative estimate of drug-likeness (QED) is 0.634. The SMILES string of the molecule is COC(=O)[C@@H]1C[C@@H](C(=O)OC(C)(C)C)N([C@H](CNCc2ccccc2)c2ccccc2)C1. The van der Waals surface area contributed by atoms with Gasteiger partial charge in [-0.1, -0.05) is 60.7 Å². The monoisotopic (exact) mass is 438 g/mol. The molecule has 6 nitrogen and oxygen atoms in total. The summed E-state index contributed by atoms with van der Waals surface area (Å²) < 4.78 is 10.7. The molecule has 0 amide bonds. The first kappa shape index (κ1) is 24.0. The van der Waals surface area contributed by atoms with E-state index in [0.717, 1.165) is 12.1 Å². The molecule has 1 aliphatic heterocycles. The van der Waals surface area contributed by atoms with Gasteiger partial charge in [0.05, 0.1) is 13.0 Å². The highest BCUT2D eigenvalue weighted by molar-refractivity contribution is 5.80. The maximum atomic E-state index is 13.1. The Morgan fingerprint density at radius 3 is 2.25 bits per heavy atom. The van der Waals surface area contributed by atoms with Crippen molar-refractivity contribution in [3.8, 4) is 0 Å². The summed E-state index contributed by atoms with van der Waals surface area (Å²) in [6, 6.07) is 19.7. The lowest BCUT2D eigenvalue weighted by Gasteiger charge is -2.34. The minimum atomic E-state index is -0.597. The van der Waals surface area contributed by atoms with Crippen LogP contribution in [0.1, 0.15) is 44.4 Å². The molecule has 0 spiro atoms. The number of benzene rings is 2. The Bertz CT molecular complexity index is 880. The average Bonchev–Trinajstić information content (AvgIpc) is 3.22. The zero-order valence-electron chi connectivity index (χ0n) is 19.4. The topological polar surface area (TPSA) is 67.9 Å². The molecule has 3 atom stereocenters. The molecule has 32 heavy (non-hydrogen) atoms. The Morgan fingerprint density at radius 1 is 1.03 bits per heavy atom. The van der Waals surface area contributed by atoms with Crippen LogP contribution in [0.4, 0.5) is 0 Å². The zero-order chi connectivity index (χ0) is 23.1. The fourth-order valence-corrected chi connectivity index (χ4v) is 4.20. The first-order valence-electron chi connectivity index (χ1n) is 11.1. The number of hydrogen-bond donors (Lipinski definition) is 1. The van der Waals surface area contributed by atoms with E-state index in [1.807, 2.05) is 57.2 Å².